The number of fused-ring (bicyclic) bond motifs is 1. The first-order chi connectivity index (χ1) is 12.8. The number of rotatable bonds is 1. The fourth-order valence-electron chi connectivity index (χ4n) is 2.15. The molecule has 1 aliphatic rings. The number of nitrogens with two attached hydrogens (primary N) is 1. The Balaban J connectivity index is 1.95. The van der Waals surface area contributed by atoms with Crippen LogP contribution >= 0.6 is 0 Å². The fourth-order valence-corrected chi connectivity index (χ4v) is 2.15. The lowest BCUT2D eigenvalue weighted by Crippen LogP contribution is -2.30. The van der Waals surface area contributed by atoms with Crippen LogP contribution in [0.15, 0.2) is 18.2 Å². The molecule has 1 aliphatic heterocycles. The quantitative estimate of drug-likeness (QED) is 0.408. The molecule has 1 aromatic rings. The van der Waals surface area contributed by atoms with E-state index in [9.17, 15) is 4.79 Å². The van der Waals surface area contributed by atoms with Gasteiger partial charge in [0.05, 0.1) is 52.9 Å². The monoisotopic (exact) mass is 370 g/mol. The van der Waals surface area contributed by atoms with Gasteiger partial charge < -0.3 is 28.4 Å². The largest absolute Gasteiger partial charge is 0.487 e. The molecule has 0 saturated heterocycles. The molecule has 1 amide bonds. The highest BCUT2D eigenvalue weighted by Gasteiger charge is 2.11. The molecule has 9 nitrogen and oxygen atoms in total. The average molecular weight is 370 g/mol. The summed E-state index contributed by atoms with van der Waals surface area (Å²) >= 11 is 0. The third-order valence-corrected chi connectivity index (χ3v) is 3.42. The molecular weight excluding hydrogens is 344 g/mol. The summed E-state index contributed by atoms with van der Waals surface area (Å²) in [5.41, 5.74) is 2.46. The van der Waals surface area contributed by atoms with Crippen LogP contribution in [0.25, 0.3) is 0 Å². The highest BCUT2D eigenvalue weighted by Crippen LogP contribution is 2.28. The second-order valence-electron chi connectivity index (χ2n) is 5.28. The minimum Gasteiger partial charge on any atom is -0.487 e. The van der Waals surface area contributed by atoms with Gasteiger partial charge in [0.2, 0.25) is 0 Å². The van der Waals surface area contributed by atoms with E-state index >= 15 is 0 Å². The van der Waals surface area contributed by atoms with Crippen molar-refractivity contribution >= 4 is 5.91 Å². The van der Waals surface area contributed by atoms with Crippen LogP contribution in [0.3, 0.4) is 0 Å². The molecule has 0 atom stereocenters. The van der Waals surface area contributed by atoms with Crippen molar-refractivity contribution in [3.63, 3.8) is 0 Å². The molecule has 146 valence electrons. The lowest BCUT2D eigenvalue weighted by molar-refractivity contribution is -0.00842. The maximum absolute atomic E-state index is 11.7. The zero-order valence-electron chi connectivity index (χ0n) is 14.7. The summed E-state index contributed by atoms with van der Waals surface area (Å²) in [4.78, 5) is 11.7. The van der Waals surface area contributed by atoms with Crippen LogP contribution < -0.4 is 20.7 Å². The van der Waals surface area contributed by atoms with Gasteiger partial charge in [0.15, 0.2) is 11.5 Å². The van der Waals surface area contributed by atoms with Crippen molar-refractivity contribution in [3.8, 4) is 11.5 Å². The van der Waals surface area contributed by atoms with E-state index in [1.54, 1.807) is 18.2 Å². The molecule has 26 heavy (non-hydrogen) atoms. The molecule has 1 heterocycles. The maximum atomic E-state index is 11.7. The predicted octanol–water partition coefficient (Wildman–Crippen LogP) is 0.128. The first kappa shape index (κ1) is 20.4. The number of carbonyl (C=O) groups is 1. The number of hydrazine groups is 1. The SMILES string of the molecule is NNC(=O)c1ccc2c(c1)OCCOCCOCCOCCOCCO2. The molecule has 0 fully saturated rings. The van der Waals surface area contributed by atoms with E-state index in [2.05, 4.69) is 5.43 Å². The summed E-state index contributed by atoms with van der Waals surface area (Å²) in [6.45, 7) is 4.41. The molecule has 2 rings (SSSR count). The van der Waals surface area contributed by atoms with Crippen molar-refractivity contribution in [1.82, 2.24) is 5.43 Å². The van der Waals surface area contributed by atoms with E-state index in [0.29, 0.717) is 83.1 Å². The van der Waals surface area contributed by atoms with Gasteiger partial charge in [-0.05, 0) is 18.2 Å². The number of amides is 1. The summed E-state index contributed by atoms with van der Waals surface area (Å²) in [6.07, 6.45) is 0. The first-order valence-corrected chi connectivity index (χ1v) is 8.53. The van der Waals surface area contributed by atoms with Gasteiger partial charge in [-0.25, -0.2) is 5.84 Å². The Morgan fingerprint density at radius 1 is 0.731 bits per heavy atom. The minimum absolute atomic E-state index is 0.309. The van der Waals surface area contributed by atoms with E-state index in [4.69, 9.17) is 34.3 Å². The molecule has 0 aromatic heterocycles. The van der Waals surface area contributed by atoms with Gasteiger partial charge in [-0.15, -0.1) is 0 Å². The van der Waals surface area contributed by atoms with E-state index in [0.717, 1.165) is 0 Å². The second kappa shape index (κ2) is 12.4. The van der Waals surface area contributed by atoms with E-state index in [1.165, 1.54) is 0 Å². The van der Waals surface area contributed by atoms with Crippen molar-refractivity contribution < 1.29 is 33.2 Å². The molecule has 0 aliphatic carbocycles. The standard InChI is InChI=1S/C17H26N2O7/c18-19-17(20)14-1-2-15-16(13-14)26-12-10-24-8-6-22-4-3-21-5-7-23-9-11-25-15/h1-2,13H,3-12,18H2,(H,19,20). The van der Waals surface area contributed by atoms with E-state index in [-0.39, 0.29) is 0 Å². The molecule has 1 aromatic carbocycles. The summed E-state index contributed by atoms with van der Waals surface area (Å²) in [6, 6.07) is 4.85. The predicted molar refractivity (Wildman–Crippen MR) is 92.4 cm³/mol. The molecular formula is C17H26N2O7. The van der Waals surface area contributed by atoms with E-state index < -0.39 is 5.91 Å². The lowest BCUT2D eigenvalue weighted by Gasteiger charge is -2.15. The first-order valence-electron chi connectivity index (χ1n) is 8.53. The summed E-state index contributed by atoms with van der Waals surface area (Å²) < 4.78 is 33.0. The fraction of sp³-hybridized carbons (Fsp3) is 0.588. The molecule has 0 radical (unpaired) electrons. The number of benzene rings is 1. The average Bonchev–Trinajstić information content (AvgIpc) is 2.67. The Morgan fingerprint density at radius 3 is 1.69 bits per heavy atom. The third-order valence-electron chi connectivity index (χ3n) is 3.42. The maximum Gasteiger partial charge on any atom is 0.265 e. The van der Waals surface area contributed by atoms with Crippen LogP contribution in [0.4, 0.5) is 0 Å². The Kier molecular flexibility index (Phi) is 9.77. The van der Waals surface area contributed by atoms with Gasteiger partial charge in [-0.2, -0.15) is 0 Å². The number of carbonyl (C=O) groups excluding carboxylic acids is 1. The minimum atomic E-state index is -0.410. The van der Waals surface area contributed by atoms with Crippen molar-refractivity contribution in [3.05, 3.63) is 23.8 Å². The van der Waals surface area contributed by atoms with Crippen LogP contribution in [0.2, 0.25) is 0 Å². The summed E-state index contributed by atoms with van der Waals surface area (Å²) in [5.74, 6) is 5.72. The number of ether oxygens (including phenoxy) is 6. The molecule has 0 unspecified atom stereocenters. The van der Waals surface area contributed by atoms with Gasteiger partial charge in [-0.3, -0.25) is 10.2 Å². The lowest BCUT2D eigenvalue weighted by atomic mass is 10.2. The number of hydrogen-bond acceptors (Lipinski definition) is 8. The molecule has 0 bridgehead atoms. The molecule has 0 saturated carbocycles. The zero-order valence-corrected chi connectivity index (χ0v) is 14.7. The number of nitrogen functional groups attached to an aromatic ring is 1. The topological polar surface area (TPSA) is 111 Å². The normalized spacial score (nSPS) is 18.3. The highest BCUT2D eigenvalue weighted by atomic mass is 16.6. The zero-order chi connectivity index (χ0) is 18.5. The van der Waals surface area contributed by atoms with Crippen LogP contribution in [0, 0.1) is 0 Å². The van der Waals surface area contributed by atoms with Crippen LogP contribution in [0.5, 0.6) is 11.5 Å². The van der Waals surface area contributed by atoms with Crippen molar-refractivity contribution in [2.45, 2.75) is 0 Å². The van der Waals surface area contributed by atoms with Crippen molar-refractivity contribution in [2.75, 3.05) is 66.1 Å². The van der Waals surface area contributed by atoms with Gasteiger partial charge in [0, 0.05) is 5.56 Å². The van der Waals surface area contributed by atoms with Gasteiger partial charge in [0.1, 0.15) is 13.2 Å². The van der Waals surface area contributed by atoms with Gasteiger partial charge >= 0.3 is 0 Å². The van der Waals surface area contributed by atoms with Crippen LogP contribution in [-0.2, 0) is 18.9 Å². The Bertz CT molecular complexity index is 542. The van der Waals surface area contributed by atoms with Crippen LogP contribution in [-0.4, -0.2) is 72.0 Å². The molecule has 9 heteroatoms. The van der Waals surface area contributed by atoms with E-state index in [1.807, 2.05) is 0 Å². The highest BCUT2D eigenvalue weighted by molar-refractivity contribution is 5.94. The van der Waals surface area contributed by atoms with Crippen molar-refractivity contribution in [1.29, 1.82) is 0 Å². The Labute approximate surface area is 152 Å². The Morgan fingerprint density at radius 2 is 1.19 bits per heavy atom. The Hall–Kier alpha value is -1.91. The number of hydrogen-bond donors (Lipinski definition) is 2. The summed E-state index contributed by atoms with van der Waals surface area (Å²) in [5, 5.41) is 0. The summed E-state index contributed by atoms with van der Waals surface area (Å²) in [7, 11) is 0. The smallest absolute Gasteiger partial charge is 0.265 e. The van der Waals surface area contributed by atoms with Crippen LogP contribution in [0.1, 0.15) is 10.4 Å². The number of nitrogens with one attached hydrogen (secondary N) is 1. The van der Waals surface area contributed by atoms with Gasteiger partial charge in [0.25, 0.3) is 5.91 Å². The van der Waals surface area contributed by atoms with Gasteiger partial charge in [-0.1, -0.05) is 0 Å². The molecule has 0 spiro atoms. The second-order valence-corrected chi connectivity index (χ2v) is 5.28. The molecule has 3 N–H and O–H groups in total. The van der Waals surface area contributed by atoms with Crippen molar-refractivity contribution in [2.24, 2.45) is 5.84 Å². The third kappa shape index (κ3) is 7.54.